The molecule has 2 aliphatic heterocycles. The second kappa shape index (κ2) is 6.48. The van der Waals surface area contributed by atoms with Crippen LogP contribution in [0.1, 0.15) is 56.5 Å². The van der Waals surface area contributed by atoms with Crippen LogP contribution in [-0.4, -0.2) is 42.3 Å². The van der Waals surface area contributed by atoms with E-state index in [-0.39, 0.29) is 0 Å². The van der Waals surface area contributed by atoms with E-state index in [9.17, 15) is 0 Å². The molecule has 3 heterocycles. The molecule has 0 aliphatic carbocycles. The molecule has 0 radical (unpaired) electrons. The summed E-state index contributed by atoms with van der Waals surface area (Å²) in [5, 5.41) is 1.31. The summed E-state index contributed by atoms with van der Waals surface area (Å²) in [4.78, 5) is 12.3. The molecule has 1 saturated heterocycles. The second-order valence-corrected chi connectivity index (χ2v) is 9.99. The van der Waals surface area contributed by atoms with Gasteiger partial charge in [0.15, 0.2) is 0 Å². The predicted molar refractivity (Wildman–Crippen MR) is 108 cm³/mol. The molecule has 1 aromatic carbocycles. The fraction of sp³-hybridized carbons (Fsp3) is 0.619. The number of aromatic nitrogens is 1. The van der Waals surface area contributed by atoms with E-state index in [4.69, 9.17) is 9.98 Å². The highest BCUT2D eigenvalue weighted by Crippen LogP contribution is 2.39. The molecule has 4 rings (SSSR count). The zero-order valence-electron chi connectivity index (χ0n) is 15.9. The van der Waals surface area contributed by atoms with E-state index in [2.05, 4.69) is 50.9 Å². The van der Waals surface area contributed by atoms with Gasteiger partial charge in [-0.15, -0.1) is 11.3 Å². The van der Waals surface area contributed by atoms with Gasteiger partial charge in [0.1, 0.15) is 0 Å². The Hall–Kier alpha value is -1.26. The molecular formula is C21H29N3S. The van der Waals surface area contributed by atoms with Gasteiger partial charge >= 0.3 is 0 Å². The number of hydrogen-bond donors (Lipinski definition) is 0. The zero-order chi connectivity index (χ0) is 17.6. The molecule has 134 valence electrons. The van der Waals surface area contributed by atoms with Crippen LogP contribution in [0, 0.1) is 11.3 Å². The summed E-state index contributed by atoms with van der Waals surface area (Å²) < 4.78 is 1.31. The Bertz CT molecular complexity index is 805. The first-order valence-electron chi connectivity index (χ1n) is 9.52. The van der Waals surface area contributed by atoms with Crippen LogP contribution in [0.15, 0.2) is 23.2 Å². The number of piperidine rings is 1. The van der Waals surface area contributed by atoms with Gasteiger partial charge in [0.2, 0.25) is 0 Å². The molecule has 4 heteroatoms. The van der Waals surface area contributed by atoms with Crippen molar-refractivity contribution in [3.8, 4) is 0 Å². The van der Waals surface area contributed by atoms with Crippen molar-refractivity contribution in [2.45, 2.75) is 46.0 Å². The van der Waals surface area contributed by atoms with Gasteiger partial charge in [0.25, 0.3) is 0 Å². The van der Waals surface area contributed by atoms with Gasteiger partial charge in [0, 0.05) is 31.3 Å². The highest BCUT2D eigenvalue weighted by atomic mass is 32.1. The van der Waals surface area contributed by atoms with Gasteiger partial charge in [-0.25, -0.2) is 4.98 Å². The summed E-state index contributed by atoms with van der Waals surface area (Å²) in [5.74, 6) is 1.28. The minimum Gasteiger partial charge on any atom is -0.305 e. The lowest BCUT2D eigenvalue weighted by Gasteiger charge is -2.40. The Kier molecular flexibility index (Phi) is 4.45. The van der Waals surface area contributed by atoms with Gasteiger partial charge in [-0.3, -0.25) is 4.99 Å². The van der Waals surface area contributed by atoms with Gasteiger partial charge in [-0.05, 0) is 55.3 Å². The number of likely N-dealkylation sites (N-methyl/N-ethyl adjacent to an activating group) is 1. The lowest BCUT2D eigenvalue weighted by atomic mass is 9.79. The lowest BCUT2D eigenvalue weighted by molar-refractivity contribution is 0.123. The van der Waals surface area contributed by atoms with Gasteiger partial charge < -0.3 is 4.90 Å². The van der Waals surface area contributed by atoms with Crippen molar-refractivity contribution in [3.63, 3.8) is 0 Å². The summed E-state index contributed by atoms with van der Waals surface area (Å²) in [6, 6.07) is 6.77. The second-order valence-electron chi connectivity index (χ2n) is 8.93. The molecule has 0 bridgehead atoms. The Balaban J connectivity index is 1.62. The van der Waals surface area contributed by atoms with Crippen LogP contribution < -0.4 is 0 Å². The van der Waals surface area contributed by atoms with Crippen LogP contribution in [0.2, 0.25) is 0 Å². The molecule has 1 aromatic heterocycles. The standard InChI is InChI=1S/C21H29N3S/c1-14-5-7-17(22-11-14)15-6-8-19-18(9-15)23-20(25-19)16-10-21(2,3)13-24(4)12-16/h6,8-9,14,16H,5,7,10-13H2,1-4H3. The molecule has 2 aromatic rings. The quantitative estimate of drug-likeness (QED) is 0.761. The lowest BCUT2D eigenvalue weighted by Crippen LogP contribution is -2.41. The third kappa shape index (κ3) is 3.65. The Morgan fingerprint density at radius 2 is 2.12 bits per heavy atom. The monoisotopic (exact) mass is 355 g/mol. The summed E-state index contributed by atoms with van der Waals surface area (Å²) in [5.41, 5.74) is 4.07. The molecule has 2 unspecified atom stereocenters. The van der Waals surface area contributed by atoms with Crippen molar-refractivity contribution >= 4 is 27.3 Å². The molecule has 1 fully saturated rings. The maximum Gasteiger partial charge on any atom is 0.0982 e. The maximum atomic E-state index is 5.04. The van der Waals surface area contributed by atoms with Crippen molar-refractivity contribution in [3.05, 3.63) is 28.8 Å². The number of thiazole rings is 1. The fourth-order valence-electron chi connectivity index (χ4n) is 4.49. The first-order chi connectivity index (χ1) is 11.9. The normalized spacial score (nSPS) is 27.4. The molecule has 2 aliphatic rings. The molecule has 0 amide bonds. The average Bonchev–Trinajstić information content (AvgIpc) is 2.97. The molecule has 0 N–H and O–H groups in total. The van der Waals surface area contributed by atoms with Crippen molar-refractivity contribution in [2.75, 3.05) is 26.7 Å². The fourth-order valence-corrected chi connectivity index (χ4v) is 5.53. The SMILES string of the molecule is CC1CCC(c2ccc3sc(C4CN(C)CC(C)(C)C4)nc3c2)=NC1. The van der Waals surface area contributed by atoms with E-state index >= 15 is 0 Å². The number of benzene rings is 1. The van der Waals surface area contributed by atoms with Crippen LogP contribution in [0.25, 0.3) is 10.2 Å². The van der Waals surface area contributed by atoms with Gasteiger partial charge in [-0.2, -0.15) is 0 Å². The van der Waals surface area contributed by atoms with E-state index in [0.717, 1.165) is 30.9 Å². The summed E-state index contributed by atoms with van der Waals surface area (Å²) >= 11 is 1.88. The number of fused-ring (bicyclic) bond motifs is 1. The van der Waals surface area contributed by atoms with Gasteiger partial charge in [0.05, 0.1) is 15.2 Å². The number of hydrogen-bond acceptors (Lipinski definition) is 4. The van der Waals surface area contributed by atoms with Crippen molar-refractivity contribution in [1.29, 1.82) is 0 Å². The highest BCUT2D eigenvalue weighted by Gasteiger charge is 2.33. The van der Waals surface area contributed by atoms with Crippen molar-refractivity contribution < 1.29 is 0 Å². The van der Waals surface area contributed by atoms with Crippen molar-refractivity contribution in [1.82, 2.24) is 9.88 Å². The molecule has 2 atom stereocenters. The minimum atomic E-state index is 0.369. The molecule has 0 saturated carbocycles. The number of rotatable bonds is 2. The Labute approximate surface area is 155 Å². The number of aliphatic imine (C=N–C) groups is 1. The van der Waals surface area contributed by atoms with E-state index in [1.165, 1.54) is 40.4 Å². The summed E-state index contributed by atoms with van der Waals surface area (Å²) in [6.45, 7) is 10.3. The summed E-state index contributed by atoms with van der Waals surface area (Å²) in [7, 11) is 2.24. The smallest absolute Gasteiger partial charge is 0.0982 e. The largest absolute Gasteiger partial charge is 0.305 e. The Morgan fingerprint density at radius 3 is 2.84 bits per heavy atom. The van der Waals surface area contributed by atoms with E-state index < -0.39 is 0 Å². The van der Waals surface area contributed by atoms with Crippen LogP contribution in [-0.2, 0) is 0 Å². The minimum absolute atomic E-state index is 0.369. The first kappa shape index (κ1) is 17.2. The van der Waals surface area contributed by atoms with Crippen LogP contribution in [0.3, 0.4) is 0 Å². The third-order valence-electron chi connectivity index (χ3n) is 5.58. The number of nitrogens with zero attached hydrogens (tertiary/aromatic N) is 3. The third-order valence-corrected chi connectivity index (χ3v) is 6.78. The van der Waals surface area contributed by atoms with E-state index in [0.29, 0.717) is 11.3 Å². The topological polar surface area (TPSA) is 28.5 Å². The zero-order valence-corrected chi connectivity index (χ0v) is 16.7. The predicted octanol–water partition coefficient (Wildman–Crippen LogP) is 4.96. The number of likely N-dealkylation sites (tertiary alicyclic amines) is 1. The van der Waals surface area contributed by atoms with Crippen molar-refractivity contribution in [2.24, 2.45) is 16.3 Å². The maximum absolute atomic E-state index is 5.04. The average molecular weight is 356 g/mol. The molecule has 3 nitrogen and oxygen atoms in total. The molecular weight excluding hydrogens is 326 g/mol. The van der Waals surface area contributed by atoms with E-state index in [1.807, 2.05) is 11.3 Å². The van der Waals surface area contributed by atoms with Crippen LogP contribution in [0.5, 0.6) is 0 Å². The highest BCUT2D eigenvalue weighted by molar-refractivity contribution is 7.18. The summed E-state index contributed by atoms with van der Waals surface area (Å²) in [6.07, 6.45) is 3.59. The van der Waals surface area contributed by atoms with E-state index in [1.54, 1.807) is 0 Å². The van der Waals surface area contributed by atoms with Gasteiger partial charge in [-0.1, -0.05) is 26.8 Å². The van der Waals surface area contributed by atoms with Crippen LogP contribution >= 0.6 is 11.3 Å². The van der Waals surface area contributed by atoms with Crippen LogP contribution in [0.4, 0.5) is 0 Å². The molecule has 25 heavy (non-hydrogen) atoms. The first-order valence-corrected chi connectivity index (χ1v) is 10.3. The molecule has 0 spiro atoms. The Morgan fingerprint density at radius 1 is 1.28 bits per heavy atom.